The van der Waals surface area contributed by atoms with Gasteiger partial charge < -0.3 is 4.74 Å². The third-order valence-corrected chi connectivity index (χ3v) is 4.24. The smallest absolute Gasteiger partial charge is 0.311 e. The topological polar surface area (TPSA) is 26.3 Å². The van der Waals surface area contributed by atoms with Crippen LogP contribution < -0.4 is 0 Å². The zero-order chi connectivity index (χ0) is 16.8. The molecule has 0 heterocycles. The fourth-order valence-electron chi connectivity index (χ4n) is 2.62. The Labute approximate surface area is 139 Å². The van der Waals surface area contributed by atoms with Crippen LogP contribution in [-0.4, -0.2) is 12.6 Å². The van der Waals surface area contributed by atoms with E-state index >= 15 is 0 Å². The lowest BCUT2D eigenvalue weighted by atomic mass is 9.94. The number of hydrogen-bond acceptors (Lipinski definition) is 2. The van der Waals surface area contributed by atoms with Gasteiger partial charge in [0.15, 0.2) is 0 Å². The van der Waals surface area contributed by atoms with Gasteiger partial charge in [-0.25, -0.2) is 0 Å². The number of ether oxygens (including phenoxy) is 1. The molecule has 0 aromatic rings. The minimum Gasteiger partial charge on any atom is -0.465 e. The highest BCUT2D eigenvalue weighted by atomic mass is 16.5. The van der Waals surface area contributed by atoms with Crippen molar-refractivity contribution in [2.24, 2.45) is 11.3 Å². The Morgan fingerprint density at radius 3 is 1.73 bits per heavy atom. The molecule has 1 atom stereocenters. The molecule has 0 radical (unpaired) electrons. The highest BCUT2D eigenvalue weighted by Gasteiger charge is 2.24. The minimum atomic E-state index is -0.381. The van der Waals surface area contributed by atoms with E-state index in [1.54, 1.807) is 0 Å². The molecule has 0 aromatic heterocycles. The fraction of sp³-hybridized carbons (Fsp3) is 0.950. The maximum Gasteiger partial charge on any atom is 0.311 e. The Kier molecular flexibility index (Phi) is 12.6. The van der Waals surface area contributed by atoms with Crippen molar-refractivity contribution in [2.75, 3.05) is 6.61 Å². The van der Waals surface area contributed by atoms with Crippen LogP contribution in [0, 0.1) is 11.3 Å². The summed E-state index contributed by atoms with van der Waals surface area (Å²) in [5.74, 6) is 0.502. The third kappa shape index (κ3) is 12.1. The van der Waals surface area contributed by atoms with E-state index in [1.165, 1.54) is 70.6 Å². The predicted molar refractivity (Wildman–Crippen MR) is 96.0 cm³/mol. The Balaban J connectivity index is 4.07. The largest absolute Gasteiger partial charge is 0.465 e. The number of carbonyl (C=O) groups is 1. The Morgan fingerprint density at radius 1 is 0.818 bits per heavy atom. The molecule has 0 aromatic carbocycles. The predicted octanol–water partition coefficient (Wildman–Crippen LogP) is 6.52. The van der Waals surface area contributed by atoms with E-state index in [0.29, 0.717) is 12.5 Å². The summed E-state index contributed by atoms with van der Waals surface area (Å²) in [6, 6.07) is 0. The molecule has 132 valence electrons. The Bertz CT molecular complexity index is 265. The van der Waals surface area contributed by atoms with Crippen LogP contribution in [0.25, 0.3) is 0 Å². The molecule has 0 aliphatic heterocycles. The van der Waals surface area contributed by atoms with E-state index in [0.717, 1.165) is 0 Å². The molecule has 0 bridgehead atoms. The van der Waals surface area contributed by atoms with Crippen LogP contribution in [0.4, 0.5) is 0 Å². The summed E-state index contributed by atoms with van der Waals surface area (Å²) < 4.78 is 5.56. The summed E-state index contributed by atoms with van der Waals surface area (Å²) in [5, 5.41) is 0. The third-order valence-electron chi connectivity index (χ3n) is 4.24. The highest BCUT2D eigenvalue weighted by Crippen LogP contribution is 2.21. The first kappa shape index (κ1) is 21.5. The van der Waals surface area contributed by atoms with Crippen molar-refractivity contribution in [3.63, 3.8) is 0 Å². The molecular formula is C20H40O2. The normalized spacial score (nSPS) is 13.1. The Hall–Kier alpha value is -0.530. The number of hydrogen-bond donors (Lipinski definition) is 0. The molecule has 1 unspecified atom stereocenters. The molecule has 2 nitrogen and oxygen atoms in total. The van der Waals surface area contributed by atoms with Crippen molar-refractivity contribution in [1.29, 1.82) is 0 Å². The summed E-state index contributed by atoms with van der Waals surface area (Å²) in [7, 11) is 0. The summed E-state index contributed by atoms with van der Waals surface area (Å²) >= 11 is 0. The molecule has 22 heavy (non-hydrogen) atoms. The van der Waals surface area contributed by atoms with Gasteiger partial charge in [-0.3, -0.25) is 4.79 Å². The molecule has 2 heteroatoms. The maximum absolute atomic E-state index is 11.9. The molecule has 0 amide bonds. The van der Waals surface area contributed by atoms with Crippen molar-refractivity contribution >= 4 is 5.97 Å². The first-order valence-corrected chi connectivity index (χ1v) is 9.59. The van der Waals surface area contributed by atoms with Gasteiger partial charge in [-0.2, -0.15) is 0 Å². The molecular weight excluding hydrogens is 272 g/mol. The maximum atomic E-state index is 11.9. The van der Waals surface area contributed by atoms with Crippen LogP contribution in [0.5, 0.6) is 0 Å². The van der Waals surface area contributed by atoms with Crippen LogP contribution in [0.3, 0.4) is 0 Å². The van der Waals surface area contributed by atoms with Gasteiger partial charge in [0.05, 0.1) is 12.0 Å². The van der Waals surface area contributed by atoms with Gasteiger partial charge in [-0.05, 0) is 39.5 Å². The lowest BCUT2D eigenvalue weighted by molar-refractivity contribution is -0.154. The second-order valence-electron chi connectivity index (χ2n) is 7.77. The number of esters is 1. The van der Waals surface area contributed by atoms with E-state index in [4.69, 9.17) is 4.74 Å². The first-order valence-electron chi connectivity index (χ1n) is 9.59. The van der Waals surface area contributed by atoms with E-state index < -0.39 is 0 Å². The molecule has 0 rings (SSSR count). The monoisotopic (exact) mass is 312 g/mol. The quantitative estimate of drug-likeness (QED) is 0.286. The fourth-order valence-corrected chi connectivity index (χ4v) is 2.62. The standard InChI is InChI=1S/C20H40O2/c1-6-8-10-12-14-16-18(15-13-11-9-7-2)17-22-19(21)20(3,4)5/h18H,6-17H2,1-5H3. The van der Waals surface area contributed by atoms with Crippen LogP contribution >= 0.6 is 0 Å². The second kappa shape index (κ2) is 13.0. The zero-order valence-electron chi connectivity index (χ0n) is 15.9. The number of rotatable bonds is 13. The average Bonchev–Trinajstić information content (AvgIpc) is 2.46. The molecule has 0 fully saturated rings. The van der Waals surface area contributed by atoms with Gasteiger partial charge >= 0.3 is 5.97 Å². The molecule has 0 saturated heterocycles. The molecule has 0 spiro atoms. The van der Waals surface area contributed by atoms with Gasteiger partial charge in [0.25, 0.3) is 0 Å². The van der Waals surface area contributed by atoms with Gasteiger partial charge in [0, 0.05) is 0 Å². The van der Waals surface area contributed by atoms with Gasteiger partial charge in [0.2, 0.25) is 0 Å². The molecule has 0 aliphatic carbocycles. The molecule has 0 aliphatic rings. The van der Waals surface area contributed by atoms with Crippen molar-refractivity contribution in [1.82, 2.24) is 0 Å². The second-order valence-corrected chi connectivity index (χ2v) is 7.77. The van der Waals surface area contributed by atoms with Crippen LogP contribution in [0.1, 0.15) is 105 Å². The van der Waals surface area contributed by atoms with E-state index in [-0.39, 0.29) is 11.4 Å². The van der Waals surface area contributed by atoms with Gasteiger partial charge in [-0.15, -0.1) is 0 Å². The van der Waals surface area contributed by atoms with E-state index in [9.17, 15) is 4.79 Å². The molecule has 0 saturated carbocycles. The minimum absolute atomic E-state index is 0.0583. The number of carbonyl (C=O) groups excluding carboxylic acids is 1. The molecule has 0 N–H and O–H groups in total. The summed E-state index contributed by atoms with van der Waals surface area (Å²) in [6.45, 7) is 10.9. The van der Waals surface area contributed by atoms with Crippen LogP contribution in [0.2, 0.25) is 0 Å². The van der Waals surface area contributed by atoms with Gasteiger partial charge in [0.1, 0.15) is 0 Å². The summed E-state index contributed by atoms with van der Waals surface area (Å²) in [5.41, 5.74) is -0.381. The van der Waals surface area contributed by atoms with Crippen molar-refractivity contribution in [3.8, 4) is 0 Å². The summed E-state index contributed by atoms with van der Waals surface area (Å²) in [6.07, 6.45) is 14.2. The first-order chi connectivity index (χ1) is 10.4. The lowest BCUT2D eigenvalue weighted by Gasteiger charge is -2.21. The zero-order valence-corrected chi connectivity index (χ0v) is 15.9. The van der Waals surface area contributed by atoms with Crippen molar-refractivity contribution < 1.29 is 9.53 Å². The van der Waals surface area contributed by atoms with Gasteiger partial charge in [-0.1, -0.05) is 71.6 Å². The Morgan fingerprint density at radius 2 is 1.27 bits per heavy atom. The highest BCUT2D eigenvalue weighted by molar-refractivity contribution is 5.75. The summed E-state index contributed by atoms with van der Waals surface area (Å²) in [4.78, 5) is 11.9. The van der Waals surface area contributed by atoms with E-state index in [1.807, 2.05) is 20.8 Å². The van der Waals surface area contributed by atoms with Crippen molar-refractivity contribution in [3.05, 3.63) is 0 Å². The average molecular weight is 313 g/mol. The van der Waals surface area contributed by atoms with Crippen LogP contribution in [-0.2, 0) is 9.53 Å². The van der Waals surface area contributed by atoms with Crippen molar-refractivity contribution in [2.45, 2.75) is 105 Å². The SMILES string of the molecule is CCCCCCCC(CCCCCC)COC(=O)C(C)(C)C. The lowest BCUT2D eigenvalue weighted by Crippen LogP contribution is -2.25. The number of unbranched alkanes of at least 4 members (excludes halogenated alkanes) is 7. The van der Waals surface area contributed by atoms with Crippen LogP contribution in [0.15, 0.2) is 0 Å². The van der Waals surface area contributed by atoms with E-state index in [2.05, 4.69) is 13.8 Å².